The van der Waals surface area contributed by atoms with Gasteiger partial charge in [-0.15, -0.1) is 6.58 Å². The van der Waals surface area contributed by atoms with Gasteiger partial charge in [0.1, 0.15) is 5.75 Å². The van der Waals surface area contributed by atoms with E-state index in [0.29, 0.717) is 18.4 Å². The van der Waals surface area contributed by atoms with E-state index in [1.165, 1.54) is 25.7 Å². The average Bonchev–Trinajstić information content (AvgIpc) is 2.93. The van der Waals surface area contributed by atoms with E-state index in [4.69, 9.17) is 9.72 Å². The van der Waals surface area contributed by atoms with Crippen LogP contribution in [0.5, 0.6) is 5.75 Å². The molecule has 3 saturated heterocycles. The topological polar surface area (TPSA) is 66.5 Å². The molecule has 1 aromatic carbocycles. The molecule has 6 heteroatoms. The van der Waals surface area contributed by atoms with Crippen molar-refractivity contribution in [3.8, 4) is 5.75 Å². The molecule has 2 N–H and O–H groups in total. The van der Waals surface area contributed by atoms with Gasteiger partial charge in [0.05, 0.1) is 18.2 Å². The average molecular weight is 557 g/mol. The van der Waals surface area contributed by atoms with Gasteiger partial charge in [-0.25, -0.2) is 4.79 Å². The van der Waals surface area contributed by atoms with E-state index in [1.807, 2.05) is 12.3 Å². The number of hydrogen-bond acceptors (Lipinski definition) is 4. The maximum atomic E-state index is 14.0. The molecule has 1 aromatic heterocycles. The lowest BCUT2D eigenvalue weighted by molar-refractivity contribution is -0.0155. The Hall–Kier alpha value is -2.60. The molecule has 6 bridgehead atoms. The highest BCUT2D eigenvalue weighted by atomic mass is 16.5. The van der Waals surface area contributed by atoms with Crippen LogP contribution < -0.4 is 15.4 Å². The summed E-state index contributed by atoms with van der Waals surface area (Å²) < 4.78 is 6.23. The fourth-order valence-electron chi connectivity index (χ4n) is 9.59. The number of rotatable bonds is 7. The molecule has 3 aliphatic heterocycles. The minimum atomic E-state index is -0.124. The number of fused-ring (bicyclic) bond motifs is 4. The van der Waals surface area contributed by atoms with Crippen molar-refractivity contribution in [2.45, 2.75) is 89.8 Å². The van der Waals surface area contributed by atoms with Crippen molar-refractivity contribution in [1.82, 2.24) is 20.5 Å². The predicted molar refractivity (Wildman–Crippen MR) is 164 cm³/mol. The Labute approximate surface area is 245 Å². The highest BCUT2D eigenvalue weighted by molar-refractivity contribution is 5.85. The van der Waals surface area contributed by atoms with E-state index in [9.17, 15) is 4.79 Å². The standard InChI is InChI=1S/C35H48N4O2/c1-5-25-20-39-11-9-26(25)15-31(39)32(37-33(40)38-35-17-22-12-23(18-35)14-24(13-22)19-35)28-8-10-36-30-7-6-27(16-29(28)30)41-21-34(2,3)4/h5-8,10,16,22-26,31-32H,1,9,11-15,17-21H2,2-4H3,(H2,37,38,40)/t22?,23?,24?,25-,26-,31-,32+,35?/m0/s1. The van der Waals surface area contributed by atoms with Gasteiger partial charge in [0.15, 0.2) is 0 Å². The first kappa shape index (κ1) is 27.2. The molecule has 4 aliphatic carbocycles. The minimum Gasteiger partial charge on any atom is -0.493 e. The molecule has 7 fully saturated rings. The highest BCUT2D eigenvalue weighted by Gasteiger charge is 2.52. The van der Waals surface area contributed by atoms with Crippen LogP contribution in [0.25, 0.3) is 10.9 Å². The Morgan fingerprint density at radius 1 is 1.15 bits per heavy atom. The fraction of sp³-hybridized carbons (Fsp3) is 0.657. The van der Waals surface area contributed by atoms with Gasteiger partial charge in [-0.05, 0) is 123 Å². The van der Waals surface area contributed by atoms with Crippen LogP contribution in [0, 0.1) is 35.0 Å². The molecule has 2 amide bonds. The molecule has 5 atom stereocenters. The SMILES string of the molecule is C=C[C@H]1CN2CC[C@H]1C[C@H]2[C@H](NC(=O)NC12CC3CC(CC(C3)C1)C2)c1ccnc2ccc(OCC(C)(C)C)cc12. The number of carbonyl (C=O) groups is 1. The molecule has 6 nitrogen and oxygen atoms in total. The number of piperidine rings is 3. The molecule has 0 radical (unpaired) electrons. The molecular formula is C35H48N4O2. The predicted octanol–water partition coefficient (Wildman–Crippen LogP) is 6.87. The number of ether oxygens (including phenoxy) is 1. The zero-order chi connectivity index (χ0) is 28.4. The van der Waals surface area contributed by atoms with Crippen LogP contribution in [0.15, 0.2) is 43.1 Å². The van der Waals surface area contributed by atoms with Crippen LogP contribution in [-0.2, 0) is 0 Å². The summed E-state index contributed by atoms with van der Waals surface area (Å²) in [5.41, 5.74) is 2.14. The summed E-state index contributed by atoms with van der Waals surface area (Å²) in [6.07, 6.45) is 13.9. The molecule has 1 unspecified atom stereocenters. The number of pyridine rings is 1. The number of nitrogens with zero attached hydrogens (tertiary/aromatic N) is 2. The molecule has 0 spiro atoms. The first-order valence-electron chi connectivity index (χ1n) is 16.1. The number of benzene rings is 1. The lowest BCUT2D eigenvalue weighted by atomic mass is 9.53. The second kappa shape index (κ2) is 10.3. The third-order valence-electron chi connectivity index (χ3n) is 11.0. The van der Waals surface area contributed by atoms with E-state index in [1.54, 1.807) is 0 Å². The van der Waals surface area contributed by atoms with Crippen molar-refractivity contribution in [3.63, 3.8) is 0 Å². The van der Waals surface area contributed by atoms with Gasteiger partial charge in [-0.1, -0.05) is 26.8 Å². The lowest BCUT2D eigenvalue weighted by Crippen LogP contribution is -2.63. The van der Waals surface area contributed by atoms with Crippen molar-refractivity contribution in [2.75, 3.05) is 19.7 Å². The summed E-state index contributed by atoms with van der Waals surface area (Å²) in [5, 5.41) is 8.25. The van der Waals surface area contributed by atoms with Crippen molar-refractivity contribution in [3.05, 3.63) is 48.7 Å². The van der Waals surface area contributed by atoms with Gasteiger partial charge < -0.3 is 15.4 Å². The summed E-state index contributed by atoms with van der Waals surface area (Å²) in [4.78, 5) is 21.3. The third kappa shape index (κ3) is 5.37. The van der Waals surface area contributed by atoms with E-state index in [-0.39, 0.29) is 29.1 Å². The quantitative estimate of drug-likeness (QED) is 0.366. The van der Waals surface area contributed by atoms with Crippen LogP contribution in [-0.4, -0.2) is 47.2 Å². The van der Waals surface area contributed by atoms with Crippen LogP contribution in [0.3, 0.4) is 0 Å². The maximum absolute atomic E-state index is 14.0. The molecular weight excluding hydrogens is 508 g/mol. The second-order valence-corrected chi connectivity index (χ2v) is 15.4. The Bertz CT molecular complexity index is 1280. The number of aromatic nitrogens is 1. The van der Waals surface area contributed by atoms with Gasteiger partial charge in [0, 0.05) is 29.7 Å². The van der Waals surface area contributed by atoms with E-state index in [0.717, 1.165) is 78.7 Å². The van der Waals surface area contributed by atoms with Gasteiger partial charge in [0.2, 0.25) is 0 Å². The Morgan fingerprint density at radius 3 is 2.51 bits per heavy atom. The van der Waals surface area contributed by atoms with Crippen molar-refractivity contribution < 1.29 is 9.53 Å². The Kier molecular flexibility index (Phi) is 6.84. The normalized spacial score (nSPS) is 36.2. The smallest absolute Gasteiger partial charge is 0.315 e. The minimum absolute atomic E-state index is 0.00460. The van der Waals surface area contributed by atoms with Crippen LogP contribution in [0.4, 0.5) is 4.79 Å². The van der Waals surface area contributed by atoms with Gasteiger partial charge in [-0.3, -0.25) is 9.88 Å². The second-order valence-electron chi connectivity index (χ2n) is 15.4. The number of carbonyl (C=O) groups excluding carboxylic acids is 1. The van der Waals surface area contributed by atoms with E-state index >= 15 is 0 Å². The zero-order valence-electron chi connectivity index (χ0n) is 25.2. The summed E-state index contributed by atoms with van der Waals surface area (Å²) in [7, 11) is 0. The van der Waals surface area contributed by atoms with Crippen LogP contribution >= 0.6 is 0 Å². The Morgan fingerprint density at radius 2 is 1.88 bits per heavy atom. The first-order chi connectivity index (χ1) is 19.7. The van der Waals surface area contributed by atoms with E-state index in [2.05, 4.69) is 67.2 Å². The summed E-state index contributed by atoms with van der Waals surface area (Å²) in [6.45, 7) is 13.4. The van der Waals surface area contributed by atoms with Gasteiger partial charge in [-0.2, -0.15) is 0 Å². The zero-order valence-corrected chi connectivity index (χ0v) is 25.2. The number of hydrogen-bond donors (Lipinski definition) is 2. The molecule has 4 heterocycles. The van der Waals surface area contributed by atoms with Gasteiger partial charge in [0.25, 0.3) is 0 Å². The summed E-state index contributed by atoms with van der Waals surface area (Å²) in [6, 6.07) is 8.47. The molecule has 7 aliphatic rings. The molecule has 4 saturated carbocycles. The number of urea groups is 1. The molecule has 9 rings (SSSR count). The van der Waals surface area contributed by atoms with E-state index < -0.39 is 0 Å². The van der Waals surface area contributed by atoms with Crippen molar-refractivity contribution >= 4 is 16.9 Å². The summed E-state index contributed by atoms with van der Waals surface area (Å²) in [5.74, 6) is 4.40. The van der Waals surface area contributed by atoms with Crippen molar-refractivity contribution in [1.29, 1.82) is 0 Å². The van der Waals surface area contributed by atoms with Crippen LogP contribution in [0.2, 0.25) is 0 Å². The highest BCUT2D eigenvalue weighted by Crippen LogP contribution is 2.55. The Balaban J connectivity index is 1.20. The molecule has 220 valence electrons. The largest absolute Gasteiger partial charge is 0.493 e. The van der Waals surface area contributed by atoms with Crippen molar-refractivity contribution in [2.24, 2.45) is 35.0 Å². The number of nitrogens with one attached hydrogen (secondary N) is 2. The maximum Gasteiger partial charge on any atom is 0.315 e. The number of amides is 2. The lowest BCUT2D eigenvalue weighted by Gasteiger charge is -2.57. The molecule has 2 aromatic rings. The van der Waals surface area contributed by atoms with Gasteiger partial charge >= 0.3 is 6.03 Å². The third-order valence-corrected chi connectivity index (χ3v) is 11.0. The first-order valence-corrected chi connectivity index (χ1v) is 16.1. The van der Waals surface area contributed by atoms with Crippen LogP contribution in [0.1, 0.15) is 83.7 Å². The summed E-state index contributed by atoms with van der Waals surface area (Å²) >= 11 is 0. The monoisotopic (exact) mass is 556 g/mol. The molecule has 41 heavy (non-hydrogen) atoms. The fourth-order valence-corrected chi connectivity index (χ4v) is 9.59.